The number of nitrogens with two attached hydrogens (primary N) is 1. The minimum Gasteiger partial charge on any atom is -0.368 e. The number of hydrogen-bond donors (Lipinski definition) is 3. The van der Waals surface area contributed by atoms with Crippen molar-refractivity contribution in [1.29, 1.82) is 0 Å². The Kier molecular flexibility index (Phi) is 5.53. The zero-order valence-electron chi connectivity index (χ0n) is 16.4. The third-order valence-electron chi connectivity index (χ3n) is 5.05. The van der Waals surface area contributed by atoms with Crippen LogP contribution in [0.25, 0.3) is 0 Å². The number of benzene rings is 2. The van der Waals surface area contributed by atoms with Crippen LogP contribution in [0.4, 0.5) is 27.7 Å². The molecule has 1 aromatic heterocycles. The number of nitrogens with one attached hydrogen (secondary N) is 2. The summed E-state index contributed by atoms with van der Waals surface area (Å²) < 4.78 is 14.0. The van der Waals surface area contributed by atoms with Gasteiger partial charge in [0.05, 0.1) is 31.9 Å². The van der Waals surface area contributed by atoms with E-state index >= 15 is 0 Å². The van der Waals surface area contributed by atoms with Gasteiger partial charge in [-0.2, -0.15) is 15.0 Å². The molecule has 1 aliphatic heterocycles. The number of hydrogen-bond acceptors (Lipinski definition) is 6. The number of nitrogens with zero attached hydrogens (tertiary/aromatic N) is 4. The van der Waals surface area contributed by atoms with Gasteiger partial charge in [0, 0.05) is 5.69 Å². The van der Waals surface area contributed by atoms with Crippen LogP contribution in [-0.2, 0) is 6.54 Å². The molecule has 2 aromatic carbocycles. The van der Waals surface area contributed by atoms with Crippen molar-refractivity contribution in [3.8, 4) is 0 Å². The van der Waals surface area contributed by atoms with Crippen LogP contribution in [0, 0.1) is 12.7 Å². The van der Waals surface area contributed by atoms with Crippen LogP contribution in [0.1, 0.15) is 11.4 Å². The van der Waals surface area contributed by atoms with Crippen molar-refractivity contribution in [2.45, 2.75) is 13.5 Å². The van der Waals surface area contributed by atoms with E-state index in [4.69, 9.17) is 5.73 Å². The Morgan fingerprint density at radius 2 is 1.86 bits per heavy atom. The van der Waals surface area contributed by atoms with Crippen LogP contribution in [0.15, 0.2) is 48.5 Å². The lowest BCUT2D eigenvalue weighted by atomic mass is 10.2. The summed E-state index contributed by atoms with van der Waals surface area (Å²) >= 11 is 0. The third kappa shape index (κ3) is 4.78. The predicted molar refractivity (Wildman–Crippen MR) is 112 cm³/mol. The summed E-state index contributed by atoms with van der Waals surface area (Å²) in [7, 11) is 0. The van der Waals surface area contributed by atoms with Gasteiger partial charge in [-0.3, -0.25) is 0 Å². The first-order valence-corrected chi connectivity index (χ1v) is 9.74. The first kappa shape index (κ1) is 19.1. The number of anilines is 4. The van der Waals surface area contributed by atoms with Crippen LogP contribution in [-0.4, -0.2) is 41.1 Å². The molecule has 2 heterocycles. The number of quaternary nitrogens is 1. The Balaban J connectivity index is 1.40. The van der Waals surface area contributed by atoms with Gasteiger partial charge in [0.25, 0.3) is 0 Å². The first-order chi connectivity index (χ1) is 14.1. The molecule has 0 atom stereocenters. The van der Waals surface area contributed by atoms with Gasteiger partial charge in [-0.25, -0.2) is 4.39 Å². The Morgan fingerprint density at radius 1 is 1.07 bits per heavy atom. The average molecular weight is 394 g/mol. The van der Waals surface area contributed by atoms with Gasteiger partial charge in [-0.15, -0.1) is 0 Å². The summed E-state index contributed by atoms with van der Waals surface area (Å²) in [4.78, 5) is 16.5. The van der Waals surface area contributed by atoms with Gasteiger partial charge in [0.2, 0.25) is 11.9 Å². The van der Waals surface area contributed by atoms with Crippen LogP contribution in [0.5, 0.6) is 0 Å². The molecule has 1 aliphatic rings. The summed E-state index contributed by atoms with van der Waals surface area (Å²) in [6, 6.07) is 14.9. The summed E-state index contributed by atoms with van der Waals surface area (Å²) in [5.41, 5.74) is 8.63. The Bertz CT molecular complexity index is 986. The molecule has 0 aliphatic carbocycles. The monoisotopic (exact) mass is 394 g/mol. The van der Waals surface area contributed by atoms with E-state index < -0.39 is 0 Å². The van der Waals surface area contributed by atoms with E-state index in [1.807, 2.05) is 43.3 Å². The van der Waals surface area contributed by atoms with Gasteiger partial charge in [0.15, 0.2) is 5.82 Å². The molecule has 7 nitrogen and oxygen atoms in total. The molecule has 0 saturated carbocycles. The van der Waals surface area contributed by atoms with E-state index in [1.54, 1.807) is 6.07 Å². The van der Waals surface area contributed by atoms with Crippen molar-refractivity contribution in [1.82, 2.24) is 15.0 Å². The van der Waals surface area contributed by atoms with Gasteiger partial charge in [0.1, 0.15) is 12.4 Å². The number of halogens is 1. The second-order valence-electron chi connectivity index (χ2n) is 7.29. The van der Waals surface area contributed by atoms with E-state index in [1.165, 1.54) is 11.0 Å². The van der Waals surface area contributed by atoms with Crippen LogP contribution in [0.3, 0.4) is 0 Å². The highest BCUT2D eigenvalue weighted by molar-refractivity contribution is 5.54. The molecular formula is C21H25FN7+. The largest absolute Gasteiger partial charge is 0.368 e. The van der Waals surface area contributed by atoms with E-state index in [-0.39, 0.29) is 11.8 Å². The van der Waals surface area contributed by atoms with Gasteiger partial charge in [-0.1, -0.05) is 24.3 Å². The van der Waals surface area contributed by atoms with Crippen molar-refractivity contribution in [3.05, 3.63) is 65.7 Å². The highest BCUT2D eigenvalue weighted by atomic mass is 19.1. The molecule has 1 fully saturated rings. The molecule has 150 valence electrons. The van der Waals surface area contributed by atoms with Crippen molar-refractivity contribution >= 4 is 23.3 Å². The van der Waals surface area contributed by atoms with Gasteiger partial charge in [-0.05, 0) is 36.8 Å². The first-order valence-electron chi connectivity index (χ1n) is 9.74. The van der Waals surface area contributed by atoms with E-state index in [2.05, 4.69) is 25.2 Å². The number of piperazine rings is 1. The zero-order chi connectivity index (χ0) is 20.2. The second-order valence-corrected chi connectivity index (χ2v) is 7.29. The molecule has 29 heavy (non-hydrogen) atoms. The summed E-state index contributed by atoms with van der Waals surface area (Å²) in [5.74, 6) is 1.13. The maximum Gasteiger partial charge on any atom is 0.232 e. The Labute approximate surface area is 169 Å². The lowest BCUT2D eigenvalue weighted by Gasteiger charge is -2.33. The summed E-state index contributed by atoms with van der Waals surface area (Å²) in [6.07, 6.45) is 0. The van der Waals surface area contributed by atoms with Crippen molar-refractivity contribution < 1.29 is 9.29 Å². The third-order valence-corrected chi connectivity index (χ3v) is 5.05. The number of rotatable bonds is 5. The lowest BCUT2D eigenvalue weighted by molar-refractivity contribution is -0.915. The Hall–Kier alpha value is -3.26. The van der Waals surface area contributed by atoms with Gasteiger partial charge >= 0.3 is 0 Å². The molecule has 0 radical (unpaired) electrons. The SMILES string of the molecule is Cc1cccc(Nc2nc(N)nc(C[NH+]3CCN(c4ccccc4F)CC3)n2)c1. The van der Waals surface area contributed by atoms with E-state index in [9.17, 15) is 4.39 Å². The molecule has 4 N–H and O–H groups in total. The number of aromatic nitrogens is 3. The molecule has 4 rings (SSSR count). The fraction of sp³-hybridized carbons (Fsp3) is 0.286. The fourth-order valence-electron chi connectivity index (χ4n) is 3.60. The topological polar surface area (TPSA) is 84.4 Å². The summed E-state index contributed by atoms with van der Waals surface area (Å²) in [5, 5.41) is 3.20. The molecular weight excluding hydrogens is 369 g/mol. The van der Waals surface area contributed by atoms with Crippen LogP contribution in [0.2, 0.25) is 0 Å². The minimum absolute atomic E-state index is 0.173. The highest BCUT2D eigenvalue weighted by Gasteiger charge is 2.23. The van der Waals surface area contributed by atoms with Crippen LogP contribution < -0.4 is 20.9 Å². The maximum atomic E-state index is 14.0. The predicted octanol–water partition coefficient (Wildman–Crippen LogP) is 1.55. The molecule has 1 saturated heterocycles. The van der Waals surface area contributed by atoms with Crippen molar-refractivity contribution in [2.24, 2.45) is 0 Å². The molecule has 0 spiro atoms. The van der Waals surface area contributed by atoms with Gasteiger partial charge < -0.3 is 20.9 Å². The Morgan fingerprint density at radius 3 is 2.62 bits per heavy atom. The zero-order valence-corrected chi connectivity index (χ0v) is 16.4. The normalized spacial score (nSPS) is 14.8. The number of para-hydroxylation sites is 1. The molecule has 0 bridgehead atoms. The molecule has 0 amide bonds. The number of aryl methyl sites for hydroxylation is 1. The van der Waals surface area contributed by atoms with Crippen LogP contribution >= 0.6 is 0 Å². The summed E-state index contributed by atoms with van der Waals surface area (Å²) in [6.45, 7) is 6.00. The molecule has 8 heteroatoms. The number of nitrogen functional groups attached to an aromatic ring is 1. The average Bonchev–Trinajstić information content (AvgIpc) is 2.69. The van der Waals surface area contributed by atoms with E-state index in [0.29, 0.717) is 24.0 Å². The van der Waals surface area contributed by atoms with E-state index in [0.717, 1.165) is 37.4 Å². The minimum atomic E-state index is -0.173. The smallest absolute Gasteiger partial charge is 0.232 e. The van der Waals surface area contributed by atoms with Crippen molar-refractivity contribution in [3.63, 3.8) is 0 Å². The fourth-order valence-corrected chi connectivity index (χ4v) is 3.60. The van der Waals surface area contributed by atoms with Crippen molar-refractivity contribution in [2.75, 3.05) is 42.1 Å². The highest BCUT2D eigenvalue weighted by Crippen LogP contribution is 2.18. The second kappa shape index (κ2) is 8.40. The lowest BCUT2D eigenvalue weighted by Crippen LogP contribution is -3.13. The standard InChI is InChI=1S/C21H24FN7/c1-15-5-4-6-16(13-15)24-21-26-19(25-20(23)27-21)14-28-9-11-29(12-10-28)18-8-3-2-7-17(18)22/h2-8,13H,9-12,14H2,1H3,(H3,23,24,25,26,27)/p+1. The maximum absolute atomic E-state index is 14.0. The molecule has 3 aromatic rings. The quantitative estimate of drug-likeness (QED) is 0.609. The molecule has 0 unspecified atom stereocenters.